The molecule has 0 aromatic carbocycles. The summed E-state index contributed by atoms with van der Waals surface area (Å²) >= 11 is 0. The van der Waals surface area contributed by atoms with Crippen molar-refractivity contribution in [2.24, 2.45) is 5.92 Å². The Balaban J connectivity index is 3.46. The van der Waals surface area contributed by atoms with E-state index in [4.69, 9.17) is 10.2 Å². The maximum Gasteiger partial charge on any atom is 0.0819 e. The highest BCUT2D eigenvalue weighted by atomic mass is 16.3. The minimum absolute atomic E-state index is 0.148. The van der Waals surface area contributed by atoms with Gasteiger partial charge in [-0.3, -0.25) is 0 Å². The van der Waals surface area contributed by atoms with Gasteiger partial charge < -0.3 is 10.2 Å². The quantitative estimate of drug-likeness (QED) is 0.550. The van der Waals surface area contributed by atoms with Crippen LogP contribution < -0.4 is 0 Å². The minimum Gasteiger partial charge on any atom is -0.391 e. The summed E-state index contributed by atoms with van der Waals surface area (Å²) in [6, 6.07) is 0. The average Bonchev–Trinajstić information content (AvgIpc) is 1.64. The standard InChI is InChI=1S/C6H14O2/c1-4(2)6(8)5(3)7/h4-8H,1-3H3/t5-,6-/m0/s1. The third-order valence-electron chi connectivity index (χ3n) is 1.18. The smallest absolute Gasteiger partial charge is 0.0819 e. The van der Waals surface area contributed by atoms with Crippen LogP contribution in [0.25, 0.3) is 0 Å². The van der Waals surface area contributed by atoms with Gasteiger partial charge in [0.1, 0.15) is 0 Å². The van der Waals surface area contributed by atoms with E-state index < -0.39 is 12.2 Å². The van der Waals surface area contributed by atoms with Gasteiger partial charge in [-0.1, -0.05) is 13.8 Å². The summed E-state index contributed by atoms with van der Waals surface area (Å²) in [4.78, 5) is 0. The molecule has 0 fully saturated rings. The zero-order valence-corrected chi connectivity index (χ0v) is 5.63. The van der Waals surface area contributed by atoms with Gasteiger partial charge in [0.05, 0.1) is 12.2 Å². The van der Waals surface area contributed by atoms with Crippen LogP contribution in [0.15, 0.2) is 0 Å². The van der Waals surface area contributed by atoms with E-state index in [0.29, 0.717) is 0 Å². The lowest BCUT2D eigenvalue weighted by Gasteiger charge is -2.16. The van der Waals surface area contributed by atoms with Gasteiger partial charge in [0.15, 0.2) is 0 Å². The van der Waals surface area contributed by atoms with Crippen molar-refractivity contribution in [2.75, 3.05) is 0 Å². The first-order valence-corrected chi connectivity index (χ1v) is 2.92. The first-order chi connectivity index (χ1) is 3.55. The Labute approximate surface area is 50.2 Å². The van der Waals surface area contributed by atoms with Crippen molar-refractivity contribution in [1.29, 1.82) is 0 Å². The molecule has 2 heteroatoms. The number of aliphatic hydroxyl groups excluding tert-OH is 2. The lowest BCUT2D eigenvalue weighted by atomic mass is 10.0. The second-order valence-corrected chi connectivity index (χ2v) is 2.48. The molecule has 0 saturated carbocycles. The second kappa shape index (κ2) is 3.05. The molecule has 0 aliphatic rings. The molecular weight excluding hydrogens is 104 g/mol. The fourth-order valence-corrected chi connectivity index (χ4v) is 0.557. The molecule has 0 bridgehead atoms. The number of hydrogen-bond acceptors (Lipinski definition) is 2. The molecule has 0 amide bonds. The molecule has 2 nitrogen and oxygen atoms in total. The van der Waals surface area contributed by atoms with Gasteiger partial charge in [-0.05, 0) is 12.8 Å². The van der Waals surface area contributed by atoms with Crippen molar-refractivity contribution in [3.05, 3.63) is 0 Å². The topological polar surface area (TPSA) is 40.5 Å². The van der Waals surface area contributed by atoms with Gasteiger partial charge in [0.2, 0.25) is 0 Å². The van der Waals surface area contributed by atoms with E-state index in [1.54, 1.807) is 6.92 Å². The Morgan fingerprint density at radius 1 is 1.00 bits per heavy atom. The summed E-state index contributed by atoms with van der Waals surface area (Å²) in [7, 11) is 0. The molecule has 2 atom stereocenters. The van der Waals surface area contributed by atoms with Crippen LogP contribution >= 0.6 is 0 Å². The van der Waals surface area contributed by atoms with Crippen LogP contribution in [0.4, 0.5) is 0 Å². The predicted molar refractivity (Wildman–Crippen MR) is 32.5 cm³/mol. The molecule has 2 N–H and O–H groups in total. The summed E-state index contributed by atoms with van der Waals surface area (Å²) in [6.45, 7) is 5.33. The summed E-state index contributed by atoms with van der Waals surface area (Å²) < 4.78 is 0. The second-order valence-electron chi connectivity index (χ2n) is 2.48. The molecule has 0 rings (SSSR count). The highest BCUT2D eigenvalue weighted by Gasteiger charge is 2.13. The van der Waals surface area contributed by atoms with Crippen LogP contribution in [0.3, 0.4) is 0 Å². The van der Waals surface area contributed by atoms with Gasteiger partial charge in [-0.2, -0.15) is 0 Å². The molecule has 0 spiro atoms. The molecular formula is C6H14O2. The Hall–Kier alpha value is -0.0800. The summed E-state index contributed by atoms with van der Waals surface area (Å²) in [5.41, 5.74) is 0. The normalized spacial score (nSPS) is 18.8. The van der Waals surface area contributed by atoms with Gasteiger partial charge in [-0.25, -0.2) is 0 Å². The van der Waals surface area contributed by atoms with Crippen LogP contribution in [-0.4, -0.2) is 22.4 Å². The van der Waals surface area contributed by atoms with Crippen molar-refractivity contribution in [1.82, 2.24) is 0 Å². The highest BCUT2D eigenvalue weighted by molar-refractivity contribution is 4.64. The predicted octanol–water partition coefficient (Wildman–Crippen LogP) is 0.384. The zero-order valence-electron chi connectivity index (χ0n) is 5.63. The van der Waals surface area contributed by atoms with E-state index in [1.807, 2.05) is 13.8 Å². The van der Waals surface area contributed by atoms with Gasteiger partial charge >= 0.3 is 0 Å². The number of aliphatic hydroxyl groups is 2. The van der Waals surface area contributed by atoms with Crippen molar-refractivity contribution in [3.63, 3.8) is 0 Å². The van der Waals surface area contributed by atoms with Crippen LogP contribution in [0.5, 0.6) is 0 Å². The fourth-order valence-electron chi connectivity index (χ4n) is 0.557. The molecule has 0 aliphatic carbocycles. The van der Waals surface area contributed by atoms with E-state index in [0.717, 1.165) is 0 Å². The molecule has 0 aromatic heterocycles. The first kappa shape index (κ1) is 7.92. The molecule has 0 unspecified atom stereocenters. The Kier molecular flexibility index (Phi) is 3.02. The van der Waals surface area contributed by atoms with Crippen molar-refractivity contribution in [3.8, 4) is 0 Å². The van der Waals surface area contributed by atoms with E-state index in [-0.39, 0.29) is 5.92 Å². The molecule has 0 heterocycles. The van der Waals surface area contributed by atoms with Gasteiger partial charge in [0, 0.05) is 0 Å². The Bertz CT molecular complexity index is 51.5. The average molecular weight is 118 g/mol. The molecule has 0 saturated heterocycles. The van der Waals surface area contributed by atoms with Crippen molar-refractivity contribution in [2.45, 2.75) is 33.0 Å². The lowest BCUT2D eigenvalue weighted by Crippen LogP contribution is -2.27. The molecule has 0 aliphatic heterocycles. The third-order valence-corrected chi connectivity index (χ3v) is 1.18. The number of rotatable bonds is 2. The summed E-state index contributed by atoms with van der Waals surface area (Å²) in [5, 5.41) is 17.7. The van der Waals surface area contributed by atoms with Crippen LogP contribution in [0.2, 0.25) is 0 Å². The van der Waals surface area contributed by atoms with Gasteiger partial charge in [-0.15, -0.1) is 0 Å². The van der Waals surface area contributed by atoms with E-state index in [9.17, 15) is 0 Å². The Morgan fingerprint density at radius 3 is 1.38 bits per heavy atom. The number of hydrogen-bond donors (Lipinski definition) is 2. The largest absolute Gasteiger partial charge is 0.391 e. The van der Waals surface area contributed by atoms with Gasteiger partial charge in [0.25, 0.3) is 0 Å². The van der Waals surface area contributed by atoms with E-state index in [1.165, 1.54) is 0 Å². The molecule has 8 heavy (non-hydrogen) atoms. The molecule has 0 radical (unpaired) electrons. The Morgan fingerprint density at radius 2 is 1.38 bits per heavy atom. The zero-order chi connectivity index (χ0) is 6.73. The highest BCUT2D eigenvalue weighted by Crippen LogP contribution is 2.04. The van der Waals surface area contributed by atoms with Crippen molar-refractivity contribution < 1.29 is 10.2 Å². The van der Waals surface area contributed by atoms with Crippen molar-refractivity contribution >= 4 is 0 Å². The van der Waals surface area contributed by atoms with Crippen LogP contribution in [0, 0.1) is 5.92 Å². The first-order valence-electron chi connectivity index (χ1n) is 2.92. The van der Waals surface area contributed by atoms with E-state index in [2.05, 4.69) is 0 Å². The third kappa shape index (κ3) is 2.28. The van der Waals surface area contributed by atoms with Crippen LogP contribution in [-0.2, 0) is 0 Å². The molecule has 0 aromatic rings. The fraction of sp³-hybridized carbons (Fsp3) is 1.00. The SMILES string of the molecule is CC(C)[C@H](O)[C@H](C)O. The van der Waals surface area contributed by atoms with E-state index >= 15 is 0 Å². The van der Waals surface area contributed by atoms with Crippen LogP contribution in [0.1, 0.15) is 20.8 Å². The maximum absolute atomic E-state index is 8.95. The summed E-state index contributed by atoms with van der Waals surface area (Å²) in [6.07, 6.45) is -1.18. The minimum atomic E-state index is -0.602. The molecule has 50 valence electrons. The monoisotopic (exact) mass is 118 g/mol. The summed E-state index contributed by atoms with van der Waals surface area (Å²) in [5.74, 6) is 0.148. The maximum atomic E-state index is 8.95. The lowest BCUT2D eigenvalue weighted by molar-refractivity contribution is 0.00273.